The number of halogens is 1. The first kappa shape index (κ1) is 19.8. The lowest BCUT2D eigenvalue weighted by molar-refractivity contribution is -0.121. The van der Waals surface area contributed by atoms with Gasteiger partial charge in [-0.2, -0.15) is 16.9 Å². The van der Waals surface area contributed by atoms with Crippen molar-refractivity contribution in [3.63, 3.8) is 0 Å². The van der Waals surface area contributed by atoms with Gasteiger partial charge >= 0.3 is 0 Å². The van der Waals surface area contributed by atoms with Crippen molar-refractivity contribution in [3.05, 3.63) is 40.5 Å². The number of carbonyl (C=O) groups is 1. The van der Waals surface area contributed by atoms with Crippen molar-refractivity contribution in [1.82, 2.24) is 9.78 Å². The average Bonchev–Trinajstić information content (AvgIpc) is 3.29. The molecule has 0 bridgehead atoms. The summed E-state index contributed by atoms with van der Waals surface area (Å²) < 4.78 is 1.86. The fraction of sp³-hybridized carbons (Fsp3) is 0.545. The maximum Gasteiger partial charge on any atom is 0.228 e. The van der Waals surface area contributed by atoms with Gasteiger partial charge in [0, 0.05) is 28.0 Å². The molecule has 0 atom stereocenters. The van der Waals surface area contributed by atoms with Crippen LogP contribution in [0.15, 0.2) is 24.3 Å². The van der Waals surface area contributed by atoms with Gasteiger partial charge in [0.05, 0.1) is 11.4 Å². The van der Waals surface area contributed by atoms with Crippen molar-refractivity contribution in [2.24, 2.45) is 11.8 Å². The third-order valence-electron chi connectivity index (χ3n) is 6.03. The third kappa shape index (κ3) is 4.25. The van der Waals surface area contributed by atoms with Crippen LogP contribution in [0.2, 0.25) is 5.02 Å². The smallest absolute Gasteiger partial charge is 0.228 e. The predicted molar refractivity (Wildman–Crippen MR) is 117 cm³/mol. The fourth-order valence-electron chi connectivity index (χ4n) is 4.36. The summed E-state index contributed by atoms with van der Waals surface area (Å²) in [5.74, 6) is 3.70. The van der Waals surface area contributed by atoms with Crippen molar-refractivity contribution in [2.45, 2.75) is 63.4 Å². The fourth-order valence-corrected chi connectivity index (χ4v) is 5.58. The van der Waals surface area contributed by atoms with Gasteiger partial charge in [-0.25, -0.2) is 4.68 Å². The summed E-state index contributed by atoms with van der Waals surface area (Å²) in [6, 6.07) is 7.65. The lowest BCUT2D eigenvalue weighted by atomic mass is 9.79. The van der Waals surface area contributed by atoms with Crippen LogP contribution in [0.25, 0.3) is 5.69 Å². The number of hydrogen-bond donors (Lipinski definition) is 1. The molecule has 1 saturated carbocycles. The predicted octanol–water partition coefficient (Wildman–Crippen LogP) is 6.21. The van der Waals surface area contributed by atoms with Gasteiger partial charge in [-0.1, -0.05) is 43.9 Å². The minimum absolute atomic E-state index is 0.116. The number of carbonyl (C=O) groups excluding carboxylic acids is 1. The van der Waals surface area contributed by atoms with Crippen molar-refractivity contribution in [3.8, 4) is 5.69 Å². The third-order valence-corrected chi connectivity index (χ3v) is 7.24. The van der Waals surface area contributed by atoms with E-state index in [2.05, 4.69) is 12.2 Å². The molecule has 0 unspecified atom stereocenters. The van der Waals surface area contributed by atoms with Gasteiger partial charge in [0.1, 0.15) is 5.82 Å². The normalized spacial score (nSPS) is 21.5. The number of nitrogens with zero attached hydrogens (tertiary/aromatic N) is 2. The molecule has 1 aromatic carbocycles. The first-order chi connectivity index (χ1) is 13.7. The Labute approximate surface area is 176 Å². The summed E-state index contributed by atoms with van der Waals surface area (Å²) in [4.78, 5) is 13.1. The second kappa shape index (κ2) is 8.91. The number of anilines is 1. The average molecular weight is 418 g/mol. The Kier molecular flexibility index (Phi) is 6.32. The van der Waals surface area contributed by atoms with Crippen LogP contribution in [0.1, 0.15) is 63.1 Å². The lowest BCUT2D eigenvalue weighted by Crippen LogP contribution is -2.28. The number of aromatic nitrogens is 2. The van der Waals surface area contributed by atoms with E-state index < -0.39 is 0 Å². The number of nitrogens with one attached hydrogen (secondary N) is 1. The summed E-state index contributed by atoms with van der Waals surface area (Å²) >= 11 is 8.03. The van der Waals surface area contributed by atoms with Crippen LogP contribution in [0.3, 0.4) is 0 Å². The topological polar surface area (TPSA) is 46.9 Å². The zero-order valence-electron chi connectivity index (χ0n) is 16.4. The quantitative estimate of drug-likeness (QED) is 0.607. The van der Waals surface area contributed by atoms with E-state index in [1.54, 1.807) is 0 Å². The standard InChI is InChI=1S/C22H28ClN3OS/c1-2-3-5-15-8-10-16(11-9-15)22(27)24-21-19-13-28-14-20(19)25-26(21)18-7-4-6-17(23)12-18/h4,6-7,12,15-16H,2-3,5,8-11,13-14H2,1H3,(H,24,27). The molecule has 0 saturated heterocycles. The number of benzene rings is 1. The van der Waals surface area contributed by atoms with Crippen LogP contribution < -0.4 is 5.32 Å². The van der Waals surface area contributed by atoms with Crippen LogP contribution in [-0.4, -0.2) is 15.7 Å². The van der Waals surface area contributed by atoms with Gasteiger partial charge in [0.15, 0.2) is 0 Å². The summed E-state index contributed by atoms with van der Waals surface area (Å²) in [5.41, 5.74) is 3.13. The summed E-state index contributed by atoms with van der Waals surface area (Å²) in [5, 5.41) is 8.68. The van der Waals surface area contributed by atoms with Crippen LogP contribution in [0.4, 0.5) is 5.82 Å². The number of thioether (sulfide) groups is 1. The summed E-state index contributed by atoms with van der Waals surface area (Å²) in [7, 11) is 0. The summed E-state index contributed by atoms with van der Waals surface area (Å²) in [6.07, 6.45) is 8.25. The number of unbranched alkanes of at least 4 members (excludes halogenated alkanes) is 1. The monoisotopic (exact) mass is 417 g/mol. The van der Waals surface area contributed by atoms with Crippen molar-refractivity contribution >= 4 is 35.1 Å². The van der Waals surface area contributed by atoms with E-state index in [9.17, 15) is 4.79 Å². The van der Waals surface area contributed by atoms with Crippen molar-refractivity contribution in [2.75, 3.05) is 5.32 Å². The molecule has 1 aliphatic carbocycles. The number of rotatable bonds is 6. The Hall–Kier alpha value is -1.46. The molecule has 0 spiro atoms. The van der Waals surface area contributed by atoms with E-state index in [0.29, 0.717) is 5.02 Å². The highest BCUT2D eigenvalue weighted by Gasteiger charge is 2.29. The van der Waals surface area contributed by atoms with Crippen LogP contribution in [0, 0.1) is 11.8 Å². The van der Waals surface area contributed by atoms with Crippen LogP contribution in [-0.2, 0) is 16.3 Å². The number of amides is 1. The zero-order chi connectivity index (χ0) is 19.5. The molecular weight excluding hydrogens is 390 g/mol. The maximum atomic E-state index is 13.1. The van der Waals surface area contributed by atoms with E-state index in [0.717, 1.165) is 53.0 Å². The Morgan fingerprint density at radius 2 is 2.11 bits per heavy atom. The molecule has 1 N–H and O–H groups in total. The highest BCUT2D eigenvalue weighted by atomic mass is 35.5. The molecule has 4 nitrogen and oxygen atoms in total. The molecule has 28 heavy (non-hydrogen) atoms. The van der Waals surface area contributed by atoms with Gasteiger partial charge in [-0.15, -0.1) is 0 Å². The Morgan fingerprint density at radius 1 is 1.29 bits per heavy atom. The maximum absolute atomic E-state index is 13.1. The molecule has 0 radical (unpaired) electrons. The second-order valence-electron chi connectivity index (χ2n) is 8.01. The molecule has 150 valence electrons. The highest BCUT2D eigenvalue weighted by molar-refractivity contribution is 7.98. The minimum Gasteiger partial charge on any atom is -0.310 e. The van der Waals surface area contributed by atoms with E-state index in [-0.39, 0.29) is 11.8 Å². The van der Waals surface area contributed by atoms with Gasteiger partial charge in [-0.3, -0.25) is 4.79 Å². The Balaban J connectivity index is 1.50. The highest BCUT2D eigenvalue weighted by Crippen LogP contribution is 2.38. The molecule has 6 heteroatoms. The van der Waals surface area contributed by atoms with E-state index in [1.807, 2.05) is 40.7 Å². The van der Waals surface area contributed by atoms with E-state index in [4.69, 9.17) is 16.7 Å². The largest absolute Gasteiger partial charge is 0.310 e. The molecule has 1 amide bonds. The second-order valence-corrected chi connectivity index (χ2v) is 9.43. The van der Waals surface area contributed by atoms with Crippen molar-refractivity contribution in [1.29, 1.82) is 0 Å². The molecule has 2 aliphatic rings. The summed E-state index contributed by atoms with van der Waals surface area (Å²) in [6.45, 7) is 2.25. The molecule has 1 fully saturated rings. The molecule has 2 aromatic rings. The SMILES string of the molecule is CCCCC1CCC(C(=O)Nc2c3c(nn2-c2cccc(Cl)c2)CSC3)CC1. The Bertz CT molecular complexity index is 842. The zero-order valence-corrected chi connectivity index (χ0v) is 18.0. The molecule has 1 aliphatic heterocycles. The van der Waals surface area contributed by atoms with Gasteiger partial charge < -0.3 is 5.32 Å². The molecule has 2 heterocycles. The number of fused-ring (bicyclic) bond motifs is 1. The van der Waals surface area contributed by atoms with E-state index >= 15 is 0 Å². The lowest BCUT2D eigenvalue weighted by Gasteiger charge is -2.27. The minimum atomic E-state index is 0.116. The number of hydrogen-bond acceptors (Lipinski definition) is 3. The van der Waals surface area contributed by atoms with Gasteiger partial charge in [-0.05, 0) is 49.8 Å². The van der Waals surface area contributed by atoms with Crippen LogP contribution >= 0.6 is 23.4 Å². The first-order valence-electron chi connectivity index (χ1n) is 10.4. The molecule has 4 rings (SSSR count). The van der Waals surface area contributed by atoms with Gasteiger partial charge in [0.2, 0.25) is 5.91 Å². The van der Waals surface area contributed by atoms with Crippen LogP contribution in [0.5, 0.6) is 0 Å². The first-order valence-corrected chi connectivity index (χ1v) is 11.9. The van der Waals surface area contributed by atoms with Gasteiger partial charge in [0.25, 0.3) is 0 Å². The van der Waals surface area contributed by atoms with Crippen molar-refractivity contribution < 1.29 is 4.79 Å². The molecular formula is C22H28ClN3OS. The molecule has 1 aromatic heterocycles. The Morgan fingerprint density at radius 3 is 2.86 bits per heavy atom. The van der Waals surface area contributed by atoms with E-state index in [1.165, 1.54) is 32.1 Å².